The molecule has 8 nitrogen and oxygen atoms in total. The lowest BCUT2D eigenvalue weighted by Gasteiger charge is -2.23. The van der Waals surface area contributed by atoms with E-state index in [1.54, 1.807) is 7.11 Å². The summed E-state index contributed by atoms with van der Waals surface area (Å²) in [7, 11) is 1.70. The molecule has 0 unspecified atom stereocenters. The van der Waals surface area contributed by atoms with E-state index in [1.165, 1.54) is 0 Å². The molecule has 0 saturated carbocycles. The quantitative estimate of drug-likeness (QED) is 0.714. The molecular weight excluding hydrogens is 406 g/mol. The van der Waals surface area contributed by atoms with Crippen LogP contribution in [0.1, 0.15) is 43.0 Å². The maximum atomic E-state index is 12.6. The van der Waals surface area contributed by atoms with Crippen LogP contribution in [0.3, 0.4) is 0 Å². The molecule has 172 valence electrons. The third-order valence-electron chi connectivity index (χ3n) is 6.29. The van der Waals surface area contributed by atoms with Crippen molar-refractivity contribution < 1.29 is 14.3 Å². The summed E-state index contributed by atoms with van der Waals surface area (Å²) in [5.41, 5.74) is 1.08. The van der Waals surface area contributed by atoms with Crippen LogP contribution in [0.5, 0.6) is 5.75 Å². The molecule has 0 spiro atoms. The zero-order valence-electron chi connectivity index (χ0n) is 19.0. The predicted molar refractivity (Wildman–Crippen MR) is 122 cm³/mol. The maximum absolute atomic E-state index is 12.6. The van der Waals surface area contributed by atoms with E-state index in [4.69, 9.17) is 9.47 Å². The summed E-state index contributed by atoms with van der Waals surface area (Å²) in [5, 5.41) is 12.0. The molecule has 8 heteroatoms. The average Bonchev–Trinajstić information content (AvgIpc) is 3.13. The molecule has 1 fully saturated rings. The second-order valence-corrected chi connectivity index (χ2v) is 8.44. The molecule has 3 heterocycles. The fourth-order valence-electron chi connectivity index (χ4n) is 4.38. The highest BCUT2D eigenvalue weighted by Crippen LogP contribution is 2.20. The van der Waals surface area contributed by atoms with Crippen molar-refractivity contribution >= 4 is 12.0 Å². The number of ether oxygens (including phenoxy) is 2. The van der Waals surface area contributed by atoms with Crippen LogP contribution in [0, 0.1) is 5.92 Å². The van der Waals surface area contributed by atoms with Crippen molar-refractivity contribution in [1.29, 1.82) is 0 Å². The largest absolute Gasteiger partial charge is 0.496 e. The molecule has 1 aromatic carbocycles. The molecule has 1 amide bonds. The zero-order chi connectivity index (χ0) is 22.3. The maximum Gasteiger partial charge on any atom is 0.223 e. The lowest BCUT2D eigenvalue weighted by Crippen LogP contribution is -2.36. The minimum absolute atomic E-state index is 0.0308. The summed E-state index contributed by atoms with van der Waals surface area (Å²) >= 11 is 0. The monoisotopic (exact) mass is 439 g/mol. The number of benzene rings is 1. The molecule has 0 bridgehead atoms. The van der Waals surface area contributed by atoms with Crippen LogP contribution in [0.15, 0.2) is 30.3 Å². The Hall–Kier alpha value is -2.71. The van der Waals surface area contributed by atoms with Gasteiger partial charge in [0.05, 0.1) is 13.2 Å². The summed E-state index contributed by atoms with van der Waals surface area (Å²) in [4.78, 5) is 15.0. The van der Waals surface area contributed by atoms with Crippen molar-refractivity contribution in [3.8, 4) is 5.75 Å². The highest BCUT2D eigenvalue weighted by atomic mass is 16.5. The lowest BCUT2D eigenvalue weighted by molar-refractivity contribution is -0.128. The van der Waals surface area contributed by atoms with E-state index in [0.717, 1.165) is 68.4 Å². The number of rotatable bonds is 7. The molecule has 1 saturated heterocycles. The normalized spacial score (nSPS) is 18.8. The Kier molecular flexibility index (Phi) is 7.55. The van der Waals surface area contributed by atoms with Gasteiger partial charge in [-0.25, -0.2) is 0 Å². The number of carbonyl (C=O) groups is 1. The average molecular weight is 440 g/mol. The van der Waals surface area contributed by atoms with Crippen molar-refractivity contribution in [2.45, 2.75) is 38.8 Å². The summed E-state index contributed by atoms with van der Waals surface area (Å²) in [6.07, 6.45) is 6.71. The van der Waals surface area contributed by atoms with Crippen molar-refractivity contribution in [2.75, 3.05) is 40.0 Å². The van der Waals surface area contributed by atoms with Gasteiger partial charge in [-0.15, -0.1) is 10.2 Å². The molecule has 0 aliphatic carbocycles. The van der Waals surface area contributed by atoms with E-state index in [-0.39, 0.29) is 17.9 Å². The molecule has 2 aliphatic heterocycles. The summed E-state index contributed by atoms with van der Waals surface area (Å²) < 4.78 is 13.0. The van der Waals surface area contributed by atoms with Gasteiger partial charge in [-0.2, -0.15) is 0 Å². The Balaban J connectivity index is 1.33. The highest BCUT2D eigenvalue weighted by molar-refractivity contribution is 5.79. The Morgan fingerprint density at radius 1 is 1.25 bits per heavy atom. The van der Waals surface area contributed by atoms with E-state index in [1.807, 2.05) is 25.1 Å². The highest BCUT2D eigenvalue weighted by Gasteiger charge is 2.26. The van der Waals surface area contributed by atoms with Crippen molar-refractivity contribution in [1.82, 2.24) is 25.0 Å². The second-order valence-electron chi connectivity index (χ2n) is 8.44. The first kappa shape index (κ1) is 22.5. The minimum Gasteiger partial charge on any atom is -0.496 e. The number of methoxy groups -OCH3 is 1. The van der Waals surface area contributed by atoms with Crippen molar-refractivity contribution in [3.05, 3.63) is 47.6 Å². The Morgan fingerprint density at radius 2 is 2.06 bits per heavy atom. The van der Waals surface area contributed by atoms with Crippen LogP contribution >= 0.6 is 0 Å². The Labute approximate surface area is 189 Å². The second kappa shape index (κ2) is 10.7. The van der Waals surface area contributed by atoms with Crippen molar-refractivity contribution in [2.24, 2.45) is 5.92 Å². The molecule has 2 aliphatic rings. The number of amides is 1. The summed E-state index contributed by atoms with van der Waals surface area (Å²) in [6, 6.07) is 7.86. The number of carbonyl (C=O) groups excluding carboxylic acids is 1. The van der Waals surface area contributed by atoms with Gasteiger partial charge in [-0.3, -0.25) is 9.69 Å². The van der Waals surface area contributed by atoms with Gasteiger partial charge in [0.2, 0.25) is 5.91 Å². The van der Waals surface area contributed by atoms with Gasteiger partial charge < -0.3 is 19.4 Å². The standard InChI is InChI=1S/C24H33N5O3/c1-18(25-24(30)20-10-16-32-17-11-20)23-27-26-22-9-13-28(14-15-29(22)23)12-5-7-19-6-3-4-8-21(19)31-2/h3-8,18,20H,9-17H2,1-2H3,(H,25,30)/b7-5+/t18-/m1/s1. The third-order valence-corrected chi connectivity index (χ3v) is 6.29. The van der Waals surface area contributed by atoms with Crippen molar-refractivity contribution in [3.63, 3.8) is 0 Å². The van der Waals surface area contributed by atoms with Gasteiger partial charge >= 0.3 is 0 Å². The van der Waals surface area contributed by atoms with E-state index in [0.29, 0.717) is 13.2 Å². The summed E-state index contributed by atoms with van der Waals surface area (Å²) in [5.74, 6) is 2.83. The molecule has 1 aromatic heterocycles. The molecular formula is C24H33N5O3. The van der Waals surface area contributed by atoms with E-state index in [9.17, 15) is 4.79 Å². The smallest absolute Gasteiger partial charge is 0.223 e. The fraction of sp³-hybridized carbons (Fsp3) is 0.542. The number of aromatic nitrogens is 3. The Bertz CT molecular complexity index is 935. The predicted octanol–water partition coefficient (Wildman–Crippen LogP) is 2.46. The van der Waals surface area contributed by atoms with Crippen LogP contribution in [-0.4, -0.2) is 65.5 Å². The molecule has 1 atom stereocenters. The first-order chi connectivity index (χ1) is 15.7. The topological polar surface area (TPSA) is 81.5 Å². The van der Waals surface area contributed by atoms with Crippen LogP contribution in [0.2, 0.25) is 0 Å². The number of nitrogens with zero attached hydrogens (tertiary/aromatic N) is 4. The van der Waals surface area contributed by atoms with Crippen LogP contribution in [0.25, 0.3) is 6.08 Å². The van der Waals surface area contributed by atoms with Gasteiger partial charge in [0.1, 0.15) is 11.6 Å². The first-order valence-electron chi connectivity index (χ1n) is 11.5. The zero-order valence-corrected chi connectivity index (χ0v) is 19.0. The molecule has 1 N–H and O–H groups in total. The van der Waals surface area contributed by atoms with Gasteiger partial charge in [0, 0.05) is 57.3 Å². The Morgan fingerprint density at radius 3 is 2.88 bits per heavy atom. The van der Waals surface area contributed by atoms with Crippen LogP contribution in [-0.2, 0) is 22.5 Å². The number of hydrogen-bond donors (Lipinski definition) is 1. The number of para-hydroxylation sites is 1. The number of hydrogen-bond acceptors (Lipinski definition) is 6. The lowest BCUT2D eigenvalue weighted by atomic mass is 9.99. The van der Waals surface area contributed by atoms with E-state index >= 15 is 0 Å². The molecule has 32 heavy (non-hydrogen) atoms. The van der Waals surface area contributed by atoms with E-state index in [2.05, 4.69) is 43.2 Å². The molecule has 2 aromatic rings. The van der Waals surface area contributed by atoms with E-state index < -0.39 is 0 Å². The van der Waals surface area contributed by atoms with Crippen LogP contribution < -0.4 is 10.1 Å². The van der Waals surface area contributed by atoms with Gasteiger partial charge in [0.25, 0.3) is 0 Å². The number of nitrogens with one attached hydrogen (secondary N) is 1. The third kappa shape index (κ3) is 5.37. The SMILES string of the molecule is COc1ccccc1/C=C/CN1CCc2nnc([C@@H](C)NC(=O)C3CCOCC3)n2CC1. The van der Waals surface area contributed by atoms with Gasteiger partial charge in [-0.1, -0.05) is 30.4 Å². The molecule has 0 radical (unpaired) electrons. The number of fused-ring (bicyclic) bond motifs is 1. The minimum atomic E-state index is -0.163. The van der Waals surface area contributed by atoms with Gasteiger partial charge in [-0.05, 0) is 25.8 Å². The molecule has 4 rings (SSSR count). The van der Waals surface area contributed by atoms with Crippen LogP contribution in [0.4, 0.5) is 0 Å². The summed E-state index contributed by atoms with van der Waals surface area (Å²) in [6.45, 7) is 6.83. The first-order valence-corrected chi connectivity index (χ1v) is 11.5. The van der Waals surface area contributed by atoms with Gasteiger partial charge in [0.15, 0.2) is 5.82 Å². The fourth-order valence-corrected chi connectivity index (χ4v) is 4.38.